The maximum absolute atomic E-state index is 13.0. The molecule has 1 aliphatic heterocycles. The van der Waals surface area contributed by atoms with E-state index in [9.17, 15) is 20.0 Å². The van der Waals surface area contributed by atoms with E-state index in [2.05, 4.69) is 6.07 Å². The molecule has 0 aromatic heterocycles. The molecule has 9 heteroatoms. The van der Waals surface area contributed by atoms with Crippen LogP contribution in [0.1, 0.15) is 11.5 Å². The number of benzene rings is 2. The summed E-state index contributed by atoms with van der Waals surface area (Å²) in [5.74, 6) is -2.83. The van der Waals surface area contributed by atoms with Crippen molar-refractivity contribution >= 4 is 17.6 Å². The number of nitrogens with two attached hydrogens (primary N) is 1. The summed E-state index contributed by atoms with van der Waals surface area (Å²) in [7, 11) is 3.70. The van der Waals surface area contributed by atoms with Gasteiger partial charge in [0.25, 0.3) is 0 Å². The molecule has 164 valence electrons. The van der Waals surface area contributed by atoms with E-state index in [1.807, 2.05) is 0 Å². The van der Waals surface area contributed by atoms with Crippen molar-refractivity contribution in [3.63, 3.8) is 0 Å². The van der Waals surface area contributed by atoms with Crippen molar-refractivity contribution in [2.75, 3.05) is 26.2 Å². The topological polar surface area (TPSA) is 135 Å². The highest BCUT2D eigenvalue weighted by molar-refractivity contribution is 6.06. The number of aromatic hydroxyl groups is 1. The maximum Gasteiger partial charge on any atom is 0.355 e. The highest BCUT2D eigenvalue weighted by Crippen LogP contribution is 2.44. The van der Waals surface area contributed by atoms with Crippen molar-refractivity contribution in [3.05, 3.63) is 76.8 Å². The van der Waals surface area contributed by atoms with Crippen LogP contribution in [0.25, 0.3) is 0 Å². The number of nitriles is 1. The Morgan fingerprint density at radius 3 is 2.28 bits per heavy atom. The summed E-state index contributed by atoms with van der Waals surface area (Å²) in [4.78, 5) is 27.2. The number of esters is 2. The second-order valence-electron chi connectivity index (χ2n) is 6.69. The molecule has 0 amide bonds. The first-order chi connectivity index (χ1) is 15.4. The minimum absolute atomic E-state index is 0.00893. The maximum atomic E-state index is 13.0. The summed E-state index contributed by atoms with van der Waals surface area (Å²) < 4.78 is 15.1. The lowest BCUT2D eigenvalue weighted by Gasteiger charge is -2.35. The van der Waals surface area contributed by atoms with Crippen LogP contribution in [0.4, 0.5) is 5.69 Å². The summed E-state index contributed by atoms with van der Waals surface area (Å²) >= 11 is 0. The number of carbonyl (C=O) groups excluding carboxylic acids is 2. The number of phenols is 1. The Balaban J connectivity index is 2.41. The van der Waals surface area contributed by atoms with Crippen LogP contribution in [-0.2, 0) is 19.1 Å². The minimum atomic E-state index is -1.07. The molecule has 0 radical (unpaired) electrons. The zero-order chi connectivity index (χ0) is 23.4. The predicted octanol–water partition coefficient (Wildman–Crippen LogP) is 2.30. The number of methoxy groups -OCH3 is 3. The number of allylic oxidation sites excluding steroid dienone is 1. The monoisotopic (exact) mass is 435 g/mol. The standard InChI is InChI=1S/C23H21N3O6/c1-30-17-11-13(9-10-16(17)27)18-15(12-24)21(25)26(14-7-5-4-6-8-14)20(23(29)32-3)19(18)22(28)31-2/h4-11,18,27H,25H2,1-3H3/t18-/m1/s1. The quantitative estimate of drug-likeness (QED) is 0.678. The number of phenolic OH excluding ortho intramolecular Hbond substituents is 1. The third-order valence-electron chi connectivity index (χ3n) is 5.03. The van der Waals surface area contributed by atoms with Gasteiger partial charge < -0.3 is 25.1 Å². The van der Waals surface area contributed by atoms with Gasteiger partial charge in [0, 0.05) is 5.69 Å². The SMILES string of the molecule is COC(=O)C1=C(C(=O)OC)N(c2ccccc2)C(N)=C(C#N)[C@H]1c1ccc(O)c(OC)c1. The van der Waals surface area contributed by atoms with E-state index in [0.29, 0.717) is 11.3 Å². The van der Waals surface area contributed by atoms with Crippen molar-refractivity contribution in [3.8, 4) is 17.6 Å². The number of para-hydroxylation sites is 1. The molecule has 2 aromatic carbocycles. The Hall–Kier alpha value is -4.45. The van der Waals surface area contributed by atoms with E-state index in [0.717, 1.165) is 0 Å². The predicted molar refractivity (Wildman–Crippen MR) is 114 cm³/mol. The molecule has 32 heavy (non-hydrogen) atoms. The number of hydrogen-bond acceptors (Lipinski definition) is 9. The molecule has 0 unspecified atom stereocenters. The molecule has 9 nitrogen and oxygen atoms in total. The number of rotatable bonds is 5. The van der Waals surface area contributed by atoms with Crippen molar-refractivity contribution in [1.82, 2.24) is 0 Å². The van der Waals surface area contributed by atoms with Gasteiger partial charge in [0.1, 0.15) is 11.5 Å². The van der Waals surface area contributed by atoms with Gasteiger partial charge in [-0.15, -0.1) is 0 Å². The second-order valence-corrected chi connectivity index (χ2v) is 6.69. The van der Waals surface area contributed by atoms with Crippen LogP contribution >= 0.6 is 0 Å². The fraction of sp³-hybridized carbons (Fsp3) is 0.174. The molecular weight excluding hydrogens is 414 g/mol. The molecule has 0 fully saturated rings. The smallest absolute Gasteiger partial charge is 0.355 e. The lowest BCUT2D eigenvalue weighted by Crippen LogP contribution is -2.40. The molecule has 0 bridgehead atoms. The molecule has 2 aromatic rings. The zero-order valence-electron chi connectivity index (χ0n) is 17.7. The number of hydrogen-bond donors (Lipinski definition) is 2. The first-order valence-corrected chi connectivity index (χ1v) is 9.42. The molecule has 1 heterocycles. The van der Waals surface area contributed by atoms with Gasteiger partial charge in [0.2, 0.25) is 0 Å². The van der Waals surface area contributed by atoms with E-state index in [1.165, 1.54) is 44.4 Å². The van der Waals surface area contributed by atoms with Crippen molar-refractivity contribution in [2.24, 2.45) is 5.73 Å². The third kappa shape index (κ3) is 3.70. The van der Waals surface area contributed by atoms with Gasteiger partial charge in [-0.1, -0.05) is 24.3 Å². The summed E-state index contributed by atoms with van der Waals surface area (Å²) in [6.45, 7) is 0. The first-order valence-electron chi connectivity index (χ1n) is 9.42. The van der Waals surface area contributed by atoms with Gasteiger partial charge in [-0.3, -0.25) is 4.90 Å². The molecule has 0 spiro atoms. The summed E-state index contributed by atoms with van der Waals surface area (Å²) in [5.41, 5.74) is 6.91. The Morgan fingerprint density at radius 2 is 1.72 bits per heavy atom. The molecular formula is C23H21N3O6. The van der Waals surface area contributed by atoms with E-state index in [4.69, 9.17) is 19.9 Å². The van der Waals surface area contributed by atoms with Crippen molar-refractivity contribution in [1.29, 1.82) is 5.26 Å². The van der Waals surface area contributed by atoms with Gasteiger partial charge in [0.05, 0.1) is 44.5 Å². The van der Waals surface area contributed by atoms with Crippen LogP contribution in [0.5, 0.6) is 11.5 Å². The zero-order valence-corrected chi connectivity index (χ0v) is 17.7. The Bertz CT molecular complexity index is 1160. The van der Waals surface area contributed by atoms with E-state index in [-0.39, 0.29) is 34.2 Å². The second kappa shape index (κ2) is 9.14. The highest BCUT2D eigenvalue weighted by Gasteiger charge is 2.43. The molecule has 3 rings (SSSR count). The van der Waals surface area contributed by atoms with Crippen LogP contribution in [-0.4, -0.2) is 38.4 Å². The highest BCUT2D eigenvalue weighted by atomic mass is 16.5. The summed E-state index contributed by atoms with van der Waals surface area (Å²) in [6.07, 6.45) is 0. The summed E-state index contributed by atoms with van der Waals surface area (Å²) in [5, 5.41) is 20.0. The molecule has 0 saturated carbocycles. The van der Waals surface area contributed by atoms with E-state index < -0.39 is 17.9 Å². The molecule has 1 atom stereocenters. The van der Waals surface area contributed by atoms with Gasteiger partial charge in [-0.2, -0.15) is 5.26 Å². The largest absolute Gasteiger partial charge is 0.504 e. The number of anilines is 1. The van der Waals surface area contributed by atoms with Crippen molar-refractivity contribution in [2.45, 2.75) is 5.92 Å². The summed E-state index contributed by atoms with van der Waals surface area (Å²) in [6, 6.07) is 14.9. The van der Waals surface area contributed by atoms with Gasteiger partial charge in [0.15, 0.2) is 11.5 Å². The molecule has 0 aliphatic carbocycles. The van der Waals surface area contributed by atoms with E-state index >= 15 is 0 Å². The molecule has 1 aliphatic rings. The van der Waals surface area contributed by atoms with Crippen LogP contribution in [0.3, 0.4) is 0 Å². The Labute approximate surface area is 184 Å². The van der Waals surface area contributed by atoms with Crippen LogP contribution < -0.4 is 15.4 Å². The Morgan fingerprint density at radius 1 is 1.06 bits per heavy atom. The van der Waals surface area contributed by atoms with Gasteiger partial charge >= 0.3 is 11.9 Å². The number of nitrogens with zero attached hydrogens (tertiary/aromatic N) is 2. The first kappa shape index (κ1) is 22.2. The number of carbonyl (C=O) groups is 2. The minimum Gasteiger partial charge on any atom is -0.504 e. The average molecular weight is 435 g/mol. The lowest BCUT2D eigenvalue weighted by atomic mass is 9.80. The molecule has 3 N–H and O–H groups in total. The number of ether oxygens (including phenoxy) is 3. The van der Waals surface area contributed by atoms with Crippen LogP contribution in [0, 0.1) is 11.3 Å². The van der Waals surface area contributed by atoms with Crippen LogP contribution in [0.2, 0.25) is 0 Å². The van der Waals surface area contributed by atoms with Crippen molar-refractivity contribution < 1.29 is 28.9 Å². The normalized spacial score (nSPS) is 15.8. The molecule has 0 saturated heterocycles. The third-order valence-corrected chi connectivity index (χ3v) is 5.03. The fourth-order valence-corrected chi connectivity index (χ4v) is 3.59. The average Bonchev–Trinajstić information content (AvgIpc) is 2.83. The van der Waals surface area contributed by atoms with Gasteiger partial charge in [-0.25, -0.2) is 9.59 Å². The van der Waals surface area contributed by atoms with Gasteiger partial charge in [-0.05, 0) is 29.8 Å². The fourth-order valence-electron chi connectivity index (χ4n) is 3.59. The van der Waals surface area contributed by atoms with E-state index in [1.54, 1.807) is 30.3 Å². The Kier molecular flexibility index (Phi) is 6.35. The van der Waals surface area contributed by atoms with Crippen LogP contribution in [0.15, 0.2) is 71.2 Å². The lowest BCUT2D eigenvalue weighted by molar-refractivity contribution is -0.139.